The molecule has 0 aromatic rings. The van der Waals surface area contributed by atoms with E-state index in [1.54, 1.807) is 0 Å². The largest absolute Gasteiger partial charge is 0.224 e. The number of hydrogen-bond acceptors (Lipinski definition) is 3. The van der Waals surface area contributed by atoms with E-state index in [0.717, 1.165) is 0 Å². The van der Waals surface area contributed by atoms with Gasteiger partial charge in [0.25, 0.3) is 0 Å². The molecule has 0 amide bonds. The van der Waals surface area contributed by atoms with Gasteiger partial charge in [0.1, 0.15) is 6.61 Å². The molecule has 33 valence electrons. The number of rotatable bonds is 0. The van der Waals surface area contributed by atoms with Gasteiger partial charge < -0.3 is 0 Å². The van der Waals surface area contributed by atoms with Crippen LogP contribution in [0.5, 0.6) is 0 Å². The topological polar surface area (TPSA) is 44.7 Å². The molecule has 0 N–H and O–H groups in total. The smallest absolute Gasteiger partial charge is 0.116 e. The van der Waals surface area contributed by atoms with E-state index in [1.807, 2.05) is 0 Å². The Morgan fingerprint density at radius 3 is 3.00 bits per heavy atom. The fourth-order valence-corrected chi connectivity index (χ4v) is 0.230. The summed E-state index contributed by atoms with van der Waals surface area (Å²) in [5.74, 6) is 0. The van der Waals surface area contributed by atoms with Crippen LogP contribution in [0.4, 0.5) is 0 Å². The second kappa shape index (κ2) is 1.24. The molecule has 0 saturated heterocycles. The van der Waals surface area contributed by atoms with Crippen molar-refractivity contribution in [2.45, 2.75) is 0 Å². The Balaban J connectivity index is 2.38. The third-order valence-electron chi connectivity index (χ3n) is 0.435. The van der Waals surface area contributed by atoms with Gasteiger partial charge in [-0.2, -0.15) is 0 Å². The molecule has 0 aromatic carbocycles. The molecule has 4 heteroatoms. The van der Waals surface area contributed by atoms with Gasteiger partial charge in [-0.1, -0.05) is 0 Å². The highest BCUT2D eigenvalue weighted by molar-refractivity contribution is 5.58. The zero-order chi connectivity index (χ0) is 4.41. The van der Waals surface area contributed by atoms with Crippen molar-refractivity contribution in [1.82, 2.24) is 5.34 Å². The summed E-state index contributed by atoms with van der Waals surface area (Å²) in [6.07, 6.45) is 1.40. The fourth-order valence-electron chi connectivity index (χ4n) is 0.230. The summed E-state index contributed by atoms with van der Waals surface area (Å²) >= 11 is 0. The molecule has 0 atom stereocenters. The average Bonchev–Trinajstić information content (AvgIpc) is 1.86. The molecule has 0 unspecified atom stereocenters. The summed E-state index contributed by atoms with van der Waals surface area (Å²) in [4.78, 5) is 4.21. The van der Waals surface area contributed by atoms with E-state index >= 15 is 0 Å². The lowest BCUT2D eigenvalue weighted by Gasteiger charge is -1.92. The van der Waals surface area contributed by atoms with E-state index in [2.05, 4.69) is 9.94 Å². The Hall–Kier alpha value is -0.610. The molecule has 1 heterocycles. The van der Waals surface area contributed by atoms with Crippen LogP contribution in [-0.4, -0.2) is 18.2 Å². The molecule has 4 nitrogen and oxygen atoms in total. The van der Waals surface area contributed by atoms with Crippen molar-refractivity contribution >= 4 is 6.21 Å². The van der Waals surface area contributed by atoms with Crippen molar-refractivity contribution in [3.8, 4) is 0 Å². The van der Waals surface area contributed by atoms with E-state index in [1.165, 1.54) is 6.21 Å². The van der Waals surface area contributed by atoms with Gasteiger partial charge in [-0.3, -0.25) is 0 Å². The molecule has 0 fully saturated rings. The summed E-state index contributed by atoms with van der Waals surface area (Å²) in [7, 11) is 0. The number of hydrogen-bond donors (Lipinski definition) is 0. The van der Waals surface area contributed by atoms with Crippen LogP contribution in [0.3, 0.4) is 0 Å². The fraction of sp³-hybridized carbons (Fsp3) is 0.500. The summed E-state index contributed by atoms with van der Waals surface area (Å²) in [5.41, 5.74) is 0. The molecule has 6 heavy (non-hydrogen) atoms. The minimum Gasteiger partial charge on any atom is -0.224 e. The first-order chi connectivity index (χ1) is 2.89. The standard InChI is InChI=1S/C2H3N2O2/c5-4-3-1-2-6-4/h1H,2H2. The zero-order valence-electron chi connectivity index (χ0n) is 3.00. The van der Waals surface area contributed by atoms with Gasteiger partial charge in [-0.15, -0.1) is 5.10 Å². The van der Waals surface area contributed by atoms with Crippen molar-refractivity contribution in [3.63, 3.8) is 0 Å². The maximum Gasteiger partial charge on any atom is 0.116 e. The van der Waals surface area contributed by atoms with Crippen molar-refractivity contribution in [2.24, 2.45) is 5.10 Å². The van der Waals surface area contributed by atoms with E-state index in [9.17, 15) is 5.21 Å². The van der Waals surface area contributed by atoms with E-state index in [0.29, 0.717) is 6.61 Å². The Morgan fingerprint density at radius 2 is 2.83 bits per heavy atom. The van der Waals surface area contributed by atoms with Crippen LogP contribution in [0.2, 0.25) is 0 Å². The van der Waals surface area contributed by atoms with Crippen LogP contribution in [0.25, 0.3) is 0 Å². The van der Waals surface area contributed by atoms with Crippen molar-refractivity contribution in [2.75, 3.05) is 6.61 Å². The minimum absolute atomic E-state index is 0.181. The highest BCUT2D eigenvalue weighted by Crippen LogP contribution is 1.89. The van der Waals surface area contributed by atoms with E-state index < -0.39 is 0 Å². The van der Waals surface area contributed by atoms with Gasteiger partial charge in [0.15, 0.2) is 0 Å². The van der Waals surface area contributed by atoms with E-state index in [4.69, 9.17) is 0 Å². The lowest BCUT2D eigenvalue weighted by Crippen LogP contribution is -2.02. The zero-order valence-corrected chi connectivity index (χ0v) is 3.00. The van der Waals surface area contributed by atoms with Crippen molar-refractivity contribution < 1.29 is 10.0 Å². The molecule has 1 rings (SSSR count). The SMILES string of the molecule is [O]N1N=CCO1. The van der Waals surface area contributed by atoms with Gasteiger partial charge in [-0.05, 0) is 5.21 Å². The predicted molar refractivity (Wildman–Crippen MR) is 17.0 cm³/mol. The quantitative estimate of drug-likeness (QED) is 0.402. The van der Waals surface area contributed by atoms with Crippen LogP contribution in [0.15, 0.2) is 5.10 Å². The molecule has 1 radical (unpaired) electrons. The first-order valence-electron chi connectivity index (χ1n) is 1.52. The van der Waals surface area contributed by atoms with Crippen LogP contribution in [0.1, 0.15) is 0 Å². The Labute approximate surface area is 34.5 Å². The second-order valence-electron chi connectivity index (χ2n) is 0.832. The lowest BCUT2D eigenvalue weighted by atomic mass is 10.8. The first-order valence-corrected chi connectivity index (χ1v) is 1.52. The number of nitrogens with zero attached hydrogens (tertiary/aromatic N) is 2. The third-order valence-corrected chi connectivity index (χ3v) is 0.435. The van der Waals surface area contributed by atoms with E-state index in [-0.39, 0.29) is 5.34 Å². The van der Waals surface area contributed by atoms with Gasteiger partial charge in [0, 0.05) is 5.34 Å². The summed E-state index contributed by atoms with van der Waals surface area (Å²) in [6, 6.07) is 0. The Morgan fingerprint density at radius 1 is 2.00 bits per heavy atom. The highest BCUT2D eigenvalue weighted by Gasteiger charge is 1.99. The lowest BCUT2D eigenvalue weighted by molar-refractivity contribution is -0.361. The monoisotopic (exact) mass is 87.0 g/mol. The average molecular weight is 87.1 g/mol. The molecular weight excluding hydrogens is 84.0 g/mol. The summed E-state index contributed by atoms with van der Waals surface area (Å²) in [6.45, 7) is 0.309. The van der Waals surface area contributed by atoms with Crippen LogP contribution in [-0.2, 0) is 10.0 Å². The molecule has 1 aliphatic heterocycles. The molecule has 0 bridgehead atoms. The first kappa shape index (κ1) is 3.58. The van der Waals surface area contributed by atoms with Gasteiger partial charge >= 0.3 is 0 Å². The Bertz CT molecular complexity index is 71.9. The summed E-state index contributed by atoms with van der Waals surface area (Å²) < 4.78 is 0. The van der Waals surface area contributed by atoms with Crippen molar-refractivity contribution in [1.29, 1.82) is 0 Å². The predicted octanol–water partition coefficient (Wildman–Crippen LogP) is -0.435. The summed E-state index contributed by atoms with van der Waals surface area (Å²) in [5, 5.41) is 13.1. The number of hydrazone groups is 1. The normalized spacial score (nSPS) is 19.8. The van der Waals surface area contributed by atoms with Crippen molar-refractivity contribution in [3.05, 3.63) is 0 Å². The molecular formula is C2H3N2O2. The minimum atomic E-state index is 0.181. The molecule has 0 aromatic heterocycles. The molecule has 0 aliphatic carbocycles. The highest BCUT2D eigenvalue weighted by atomic mass is 16.9. The molecule has 1 aliphatic rings. The molecule has 0 saturated carbocycles. The maximum atomic E-state index is 9.74. The second-order valence-corrected chi connectivity index (χ2v) is 0.832. The Kier molecular flexibility index (Phi) is 0.736. The molecule has 0 spiro atoms. The van der Waals surface area contributed by atoms with Crippen LogP contribution < -0.4 is 0 Å². The van der Waals surface area contributed by atoms with Crippen LogP contribution in [0, 0.1) is 0 Å². The van der Waals surface area contributed by atoms with Gasteiger partial charge in [0.05, 0.1) is 6.21 Å². The van der Waals surface area contributed by atoms with Gasteiger partial charge in [0.2, 0.25) is 0 Å². The third kappa shape index (κ3) is 0.474. The van der Waals surface area contributed by atoms with Crippen LogP contribution >= 0.6 is 0 Å². The van der Waals surface area contributed by atoms with Gasteiger partial charge in [-0.25, -0.2) is 4.84 Å². The maximum absolute atomic E-state index is 9.74.